The van der Waals surface area contributed by atoms with Crippen molar-refractivity contribution in [1.82, 2.24) is 15.0 Å². The van der Waals surface area contributed by atoms with Gasteiger partial charge in [-0.1, -0.05) is 6.92 Å². The molecule has 0 aliphatic heterocycles. The van der Waals surface area contributed by atoms with Crippen LogP contribution in [0.3, 0.4) is 0 Å². The monoisotopic (exact) mass is 271 g/mol. The Balaban J connectivity index is 2.15. The van der Waals surface area contributed by atoms with Crippen LogP contribution in [0.2, 0.25) is 0 Å². The summed E-state index contributed by atoms with van der Waals surface area (Å²) in [5.74, 6) is 1.87. The second-order valence-electron chi connectivity index (χ2n) is 4.81. The molecular weight excluding hydrogens is 250 g/mol. The van der Waals surface area contributed by atoms with E-state index in [4.69, 9.17) is 0 Å². The fourth-order valence-electron chi connectivity index (χ4n) is 2.08. The summed E-state index contributed by atoms with van der Waals surface area (Å²) in [6.07, 6.45) is 6.31. The van der Waals surface area contributed by atoms with Crippen molar-refractivity contribution < 1.29 is 0 Å². The number of anilines is 2. The quantitative estimate of drug-likeness (QED) is 0.875. The molecule has 0 atom stereocenters. The van der Waals surface area contributed by atoms with Crippen molar-refractivity contribution in [1.29, 1.82) is 0 Å². The molecule has 0 aliphatic carbocycles. The summed E-state index contributed by atoms with van der Waals surface area (Å²) < 4.78 is 0. The van der Waals surface area contributed by atoms with Crippen molar-refractivity contribution in [2.45, 2.75) is 26.8 Å². The molecule has 20 heavy (non-hydrogen) atoms. The van der Waals surface area contributed by atoms with Gasteiger partial charge in [-0.25, -0.2) is 9.97 Å². The third kappa shape index (κ3) is 3.44. The van der Waals surface area contributed by atoms with Crippen LogP contribution in [-0.2, 0) is 6.54 Å². The van der Waals surface area contributed by atoms with Gasteiger partial charge in [0, 0.05) is 38.1 Å². The van der Waals surface area contributed by atoms with Gasteiger partial charge in [0.25, 0.3) is 0 Å². The van der Waals surface area contributed by atoms with Crippen molar-refractivity contribution >= 4 is 11.6 Å². The molecule has 1 N–H and O–H groups in total. The predicted octanol–water partition coefficient (Wildman–Crippen LogP) is 2.64. The highest BCUT2D eigenvalue weighted by molar-refractivity contribution is 5.57. The molecule has 0 saturated carbocycles. The fourth-order valence-corrected chi connectivity index (χ4v) is 2.08. The standard InChI is InChI=1S/C15H21N5/c1-4-7-17-14-12(2)15(19-11-18-14)20(3)10-13-5-8-16-9-6-13/h5-6,8-9,11H,4,7,10H2,1-3H3,(H,17,18,19). The van der Waals surface area contributed by atoms with E-state index >= 15 is 0 Å². The van der Waals surface area contributed by atoms with Gasteiger partial charge in [-0.3, -0.25) is 4.98 Å². The molecule has 2 rings (SSSR count). The average molecular weight is 271 g/mol. The highest BCUT2D eigenvalue weighted by atomic mass is 15.2. The molecule has 0 fully saturated rings. The van der Waals surface area contributed by atoms with E-state index in [-0.39, 0.29) is 0 Å². The van der Waals surface area contributed by atoms with Crippen molar-refractivity contribution in [2.75, 3.05) is 23.8 Å². The van der Waals surface area contributed by atoms with E-state index in [1.54, 1.807) is 6.33 Å². The van der Waals surface area contributed by atoms with Gasteiger partial charge < -0.3 is 10.2 Å². The summed E-state index contributed by atoms with van der Waals surface area (Å²) in [6.45, 7) is 5.91. The first kappa shape index (κ1) is 14.2. The normalized spacial score (nSPS) is 10.3. The summed E-state index contributed by atoms with van der Waals surface area (Å²) >= 11 is 0. The zero-order chi connectivity index (χ0) is 14.4. The number of nitrogens with zero attached hydrogens (tertiary/aromatic N) is 4. The van der Waals surface area contributed by atoms with Crippen LogP contribution < -0.4 is 10.2 Å². The Morgan fingerprint density at radius 3 is 2.65 bits per heavy atom. The summed E-state index contributed by atoms with van der Waals surface area (Å²) in [7, 11) is 2.04. The number of aromatic nitrogens is 3. The lowest BCUT2D eigenvalue weighted by Gasteiger charge is -2.21. The van der Waals surface area contributed by atoms with Gasteiger partial charge in [-0.2, -0.15) is 0 Å². The minimum atomic E-state index is 0.799. The maximum atomic E-state index is 4.40. The minimum Gasteiger partial charge on any atom is -0.370 e. The number of hydrogen-bond acceptors (Lipinski definition) is 5. The molecule has 106 valence electrons. The number of nitrogens with one attached hydrogen (secondary N) is 1. The average Bonchev–Trinajstić information content (AvgIpc) is 2.47. The summed E-state index contributed by atoms with van der Waals surface area (Å²) in [5.41, 5.74) is 2.29. The van der Waals surface area contributed by atoms with Crippen molar-refractivity contribution in [3.63, 3.8) is 0 Å². The molecule has 2 heterocycles. The molecule has 0 aliphatic rings. The smallest absolute Gasteiger partial charge is 0.137 e. The molecule has 0 spiro atoms. The van der Waals surface area contributed by atoms with Gasteiger partial charge in [-0.05, 0) is 31.0 Å². The van der Waals surface area contributed by atoms with Crippen LogP contribution in [-0.4, -0.2) is 28.5 Å². The molecule has 0 aromatic carbocycles. The molecule has 0 unspecified atom stereocenters. The number of pyridine rings is 1. The number of rotatable bonds is 6. The van der Waals surface area contributed by atoms with Gasteiger partial charge in [0.15, 0.2) is 0 Å². The summed E-state index contributed by atoms with van der Waals surface area (Å²) in [5, 5.41) is 3.33. The van der Waals surface area contributed by atoms with Crippen molar-refractivity contribution in [3.8, 4) is 0 Å². The predicted molar refractivity (Wildman–Crippen MR) is 81.9 cm³/mol. The van der Waals surface area contributed by atoms with E-state index in [1.807, 2.05) is 31.6 Å². The van der Waals surface area contributed by atoms with Gasteiger partial charge in [0.05, 0.1) is 0 Å². The van der Waals surface area contributed by atoms with E-state index in [9.17, 15) is 0 Å². The Bertz CT molecular complexity index is 541. The minimum absolute atomic E-state index is 0.799. The SMILES string of the molecule is CCCNc1ncnc(N(C)Cc2ccncc2)c1C. The molecular formula is C15H21N5. The molecule has 0 saturated heterocycles. The maximum Gasteiger partial charge on any atom is 0.137 e. The first-order valence-electron chi connectivity index (χ1n) is 6.88. The molecule has 2 aromatic rings. The van der Waals surface area contributed by atoms with Crippen LogP contribution in [0.15, 0.2) is 30.9 Å². The molecule has 0 radical (unpaired) electrons. The third-order valence-electron chi connectivity index (χ3n) is 3.13. The van der Waals surface area contributed by atoms with Gasteiger partial charge in [-0.15, -0.1) is 0 Å². The van der Waals surface area contributed by atoms with E-state index in [2.05, 4.69) is 39.0 Å². The second-order valence-corrected chi connectivity index (χ2v) is 4.81. The Kier molecular flexibility index (Phi) is 4.87. The van der Waals surface area contributed by atoms with E-state index in [0.717, 1.165) is 36.7 Å². The Morgan fingerprint density at radius 2 is 1.95 bits per heavy atom. The molecule has 5 nitrogen and oxygen atoms in total. The topological polar surface area (TPSA) is 53.9 Å². The van der Waals surface area contributed by atoms with Crippen LogP contribution in [0.25, 0.3) is 0 Å². The van der Waals surface area contributed by atoms with Crippen molar-refractivity contribution in [3.05, 3.63) is 42.0 Å². The maximum absolute atomic E-state index is 4.40. The highest BCUT2D eigenvalue weighted by Gasteiger charge is 2.11. The molecule has 0 amide bonds. The van der Waals surface area contributed by atoms with Crippen LogP contribution >= 0.6 is 0 Å². The second kappa shape index (κ2) is 6.84. The largest absolute Gasteiger partial charge is 0.370 e. The van der Waals surface area contributed by atoms with Crippen LogP contribution in [0, 0.1) is 6.92 Å². The van der Waals surface area contributed by atoms with Gasteiger partial charge in [0.1, 0.15) is 18.0 Å². The summed E-state index contributed by atoms with van der Waals surface area (Å²) in [4.78, 5) is 14.9. The zero-order valence-corrected chi connectivity index (χ0v) is 12.3. The van der Waals surface area contributed by atoms with E-state index < -0.39 is 0 Å². The van der Waals surface area contributed by atoms with E-state index in [0.29, 0.717) is 0 Å². The van der Waals surface area contributed by atoms with Gasteiger partial charge in [0.2, 0.25) is 0 Å². The molecule has 5 heteroatoms. The van der Waals surface area contributed by atoms with Crippen molar-refractivity contribution in [2.24, 2.45) is 0 Å². The first-order chi connectivity index (χ1) is 9.72. The Hall–Kier alpha value is -2.17. The zero-order valence-electron chi connectivity index (χ0n) is 12.3. The highest BCUT2D eigenvalue weighted by Crippen LogP contribution is 2.22. The lowest BCUT2D eigenvalue weighted by Crippen LogP contribution is -2.20. The Morgan fingerprint density at radius 1 is 1.20 bits per heavy atom. The first-order valence-corrected chi connectivity index (χ1v) is 6.88. The Labute approximate surface area is 120 Å². The van der Waals surface area contributed by atoms with Crippen LogP contribution in [0.5, 0.6) is 0 Å². The van der Waals surface area contributed by atoms with Gasteiger partial charge >= 0.3 is 0 Å². The lowest BCUT2D eigenvalue weighted by molar-refractivity contribution is 0.876. The van der Waals surface area contributed by atoms with Crippen LogP contribution in [0.4, 0.5) is 11.6 Å². The van der Waals surface area contributed by atoms with Crippen LogP contribution in [0.1, 0.15) is 24.5 Å². The molecule has 2 aromatic heterocycles. The number of hydrogen-bond donors (Lipinski definition) is 1. The third-order valence-corrected chi connectivity index (χ3v) is 3.13. The fraction of sp³-hybridized carbons (Fsp3) is 0.400. The summed E-state index contributed by atoms with van der Waals surface area (Å²) in [6, 6.07) is 4.03. The lowest BCUT2D eigenvalue weighted by atomic mass is 10.2. The van der Waals surface area contributed by atoms with E-state index in [1.165, 1.54) is 5.56 Å². The molecule has 0 bridgehead atoms.